The molecule has 0 aliphatic carbocycles. The van der Waals surface area contributed by atoms with E-state index < -0.39 is 0 Å². The highest BCUT2D eigenvalue weighted by molar-refractivity contribution is 5.78. The van der Waals surface area contributed by atoms with Gasteiger partial charge in [-0.05, 0) is 49.6 Å². The Balaban J connectivity index is 1.12. The third kappa shape index (κ3) is 5.77. The number of nitrogens with zero attached hydrogens (tertiary/aromatic N) is 5. The Kier molecular flexibility index (Phi) is 7.20. The van der Waals surface area contributed by atoms with Crippen molar-refractivity contribution >= 4 is 5.91 Å². The summed E-state index contributed by atoms with van der Waals surface area (Å²) in [5.74, 6) is 0.902. The van der Waals surface area contributed by atoms with Crippen LogP contribution in [0.4, 0.5) is 4.39 Å². The lowest BCUT2D eigenvalue weighted by Gasteiger charge is -2.37. The Labute approximate surface area is 205 Å². The molecule has 2 fully saturated rings. The number of aryl methyl sites for hydroxylation is 1. The maximum absolute atomic E-state index is 13.5. The van der Waals surface area contributed by atoms with E-state index in [1.54, 1.807) is 12.1 Å². The maximum atomic E-state index is 13.5. The van der Waals surface area contributed by atoms with E-state index in [1.165, 1.54) is 23.3 Å². The molecule has 7 nitrogen and oxygen atoms in total. The number of carbonyl (C=O) groups is 1. The van der Waals surface area contributed by atoms with Crippen LogP contribution in [0.15, 0.2) is 53.1 Å². The normalized spacial score (nSPS) is 19.7. The van der Waals surface area contributed by atoms with Crippen molar-refractivity contribution in [2.75, 3.05) is 45.8 Å². The van der Waals surface area contributed by atoms with Crippen LogP contribution in [-0.2, 0) is 11.3 Å². The quantitative estimate of drug-likeness (QED) is 0.539. The van der Waals surface area contributed by atoms with Crippen LogP contribution >= 0.6 is 0 Å². The van der Waals surface area contributed by atoms with E-state index in [9.17, 15) is 9.18 Å². The van der Waals surface area contributed by atoms with Gasteiger partial charge in [-0.3, -0.25) is 14.6 Å². The van der Waals surface area contributed by atoms with Gasteiger partial charge in [-0.2, -0.15) is 4.98 Å². The number of halogens is 1. The third-order valence-corrected chi connectivity index (χ3v) is 7.12. The first kappa shape index (κ1) is 23.6. The van der Waals surface area contributed by atoms with Crippen molar-refractivity contribution in [2.24, 2.45) is 0 Å². The summed E-state index contributed by atoms with van der Waals surface area (Å²) in [5.41, 5.74) is 3.27. The minimum Gasteiger partial charge on any atom is -0.339 e. The molecule has 8 heteroatoms. The van der Waals surface area contributed by atoms with Gasteiger partial charge >= 0.3 is 0 Å². The summed E-state index contributed by atoms with van der Waals surface area (Å²) >= 11 is 0. The number of benzene rings is 2. The molecule has 5 rings (SSSR count). The highest BCUT2D eigenvalue weighted by atomic mass is 19.1. The van der Waals surface area contributed by atoms with Crippen LogP contribution in [0, 0.1) is 12.7 Å². The van der Waals surface area contributed by atoms with Gasteiger partial charge in [0.2, 0.25) is 17.6 Å². The minimum atomic E-state index is -0.327. The van der Waals surface area contributed by atoms with Gasteiger partial charge < -0.3 is 9.42 Å². The van der Waals surface area contributed by atoms with Crippen LogP contribution in [0.3, 0.4) is 0 Å². The summed E-state index contributed by atoms with van der Waals surface area (Å²) in [6.07, 6.45) is 1.91. The Bertz CT molecular complexity index is 1160. The lowest BCUT2D eigenvalue weighted by molar-refractivity contribution is -0.134. The first-order valence-corrected chi connectivity index (χ1v) is 12.4. The van der Waals surface area contributed by atoms with Gasteiger partial charge in [0.1, 0.15) is 5.82 Å². The molecule has 1 aromatic heterocycles. The fourth-order valence-corrected chi connectivity index (χ4v) is 5.02. The third-order valence-electron chi connectivity index (χ3n) is 7.12. The van der Waals surface area contributed by atoms with Crippen LogP contribution in [0.2, 0.25) is 0 Å². The van der Waals surface area contributed by atoms with Crippen molar-refractivity contribution < 1.29 is 13.7 Å². The minimum absolute atomic E-state index is 0.0809. The number of carbonyl (C=O) groups excluding carboxylic acids is 1. The van der Waals surface area contributed by atoms with Crippen molar-refractivity contribution in [3.63, 3.8) is 0 Å². The van der Waals surface area contributed by atoms with Crippen LogP contribution in [-0.4, -0.2) is 76.6 Å². The Morgan fingerprint density at radius 2 is 1.89 bits per heavy atom. The van der Waals surface area contributed by atoms with Crippen molar-refractivity contribution in [3.8, 4) is 11.4 Å². The predicted molar refractivity (Wildman–Crippen MR) is 131 cm³/mol. The fraction of sp³-hybridized carbons (Fsp3) is 0.444. The summed E-state index contributed by atoms with van der Waals surface area (Å²) in [6.45, 7) is 8.43. The molecule has 0 radical (unpaired) electrons. The van der Waals surface area contributed by atoms with Crippen LogP contribution in [0.1, 0.15) is 35.8 Å². The van der Waals surface area contributed by atoms with E-state index in [4.69, 9.17) is 4.52 Å². The number of likely N-dealkylation sites (tertiary alicyclic amines) is 1. The largest absolute Gasteiger partial charge is 0.339 e. The van der Waals surface area contributed by atoms with Gasteiger partial charge in [0.15, 0.2) is 0 Å². The van der Waals surface area contributed by atoms with Gasteiger partial charge in [0.05, 0.1) is 12.5 Å². The molecule has 3 aromatic rings. The lowest BCUT2D eigenvalue weighted by atomic mass is 9.98. The lowest BCUT2D eigenvalue weighted by Crippen LogP contribution is -2.51. The topological polar surface area (TPSA) is 65.7 Å². The second-order valence-corrected chi connectivity index (χ2v) is 9.62. The zero-order chi connectivity index (χ0) is 24.2. The van der Waals surface area contributed by atoms with Gasteiger partial charge in [0.25, 0.3) is 0 Å². The SMILES string of the molecule is Cc1ccccc1CN1CCN(C(=O)CN2CCCC(c3nc(-c4cccc(F)c4)no3)C2)CC1. The highest BCUT2D eigenvalue weighted by Gasteiger charge is 2.29. The number of amides is 1. The van der Waals surface area contributed by atoms with E-state index in [-0.39, 0.29) is 17.6 Å². The molecular formula is C27H32FN5O2. The molecule has 0 saturated carbocycles. The monoisotopic (exact) mass is 477 g/mol. The molecule has 3 heterocycles. The molecule has 184 valence electrons. The molecule has 2 aliphatic heterocycles. The molecule has 1 amide bonds. The summed E-state index contributed by atoms with van der Waals surface area (Å²) in [7, 11) is 0. The average molecular weight is 478 g/mol. The Hall–Kier alpha value is -3.10. The zero-order valence-electron chi connectivity index (χ0n) is 20.2. The van der Waals surface area contributed by atoms with E-state index in [1.807, 2.05) is 4.90 Å². The molecule has 0 N–H and O–H groups in total. The number of hydrogen-bond donors (Lipinski definition) is 0. The van der Waals surface area contributed by atoms with Crippen molar-refractivity contribution in [2.45, 2.75) is 32.2 Å². The Morgan fingerprint density at radius 3 is 2.69 bits per heavy atom. The standard InChI is InChI=1S/C27H32FN5O2/c1-20-6-2-3-7-22(20)17-31-12-14-33(15-13-31)25(34)19-32-11-5-9-23(18-32)27-29-26(30-35-27)21-8-4-10-24(28)16-21/h2-4,6-8,10,16,23H,5,9,11-15,17-19H2,1H3. The van der Waals surface area contributed by atoms with Crippen LogP contribution < -0.4 is 0 Å². The van der Waals surface area contributed by atoms with Crippen molar-refractivity contribution in [1.82, 2.24) is 24.8 Å². The van der Waals surface area contributed by atoms with Gasteiger partial charge in [-0.15, -0.1) is 0 Å². The van der Waals surface area contributed by atoms with Crippen LogP contribution in [0.5, 0.6) is 0 Å². The number of piperidine rings is 1. The molecule has 35 heavy (non-hydrogen) atoms. The predicted octanol–water partition coefficient (Wildman–Crippen LogP) is 3.71. The van der Waals surface area contributed by atoms with Gasteiger partial charge in [-0.25, -0.2) is 4.39 Å². The molecule has 1 unspecified atom stereocenters. The number of aromatic nitrogens is 2. The highest BCUT2D eigenvalue weighted by Crippen LogP contribution is 2.28. The molecular weight excluding hydrogens is 445 g/mol. The average Bonchev–Trinajstić information content (AvgIpc) is 3.37. The smallest absolute Gasteiger partial charge is 0.236 e. The summed E-state index contributed by atoms with van der Waals surface area (Å²) in [5, 5.41) is 4.05. The van der Waals surface area contributed by atoms with E-state index in [2.05, 4.69) is 51.1 Å². The molecule has 0 spiro atoms. The summed E-state index contributed by atoms with van der Waals surface area (Å²) in [4.78, 5) is 24.2. The molecule has 0 bridgehead atoms. The zero-order valence-corrected chi connectivity index (χ0v) is 20.2. The second kappa shape index (κ2) is 10.7. The number of piperazine rings is 1. The van der Waals surface area contributed by atoms with E-state index >= 15 is 0 Å². The number of rotatable bonds is 6. The van der Waals surface area contributed by atoms with Gasteiger partial charge in [0, 0.05) is 44.8 Å². The summed E-state index contributed by atoms with van der Waals surface area (Å²) in [6, 6.07) is 14.7. The molecule has 2 saturated heterocycles. The summed E-state index contributed by atoms with van der Waals surface area (Å²) < 4.78 is 19.1. The first-order chi connectivity index (χ1) is 17.0. The second-order valence-electron chi connectivity index (χ2n) is 9.62. The molecule has 1 atom stereocenters. The molecule has 2 aliphatic rings. The number of hydrogen-bond acceptors (Lipinski definition) is 6. The maximum Gasteiger partial charge on any atom is 0.236 e. The van der Waals surface area contributed by atoms with Gasteiger partial charge in [-0.1, -0.05) is 41.6 Å². The van der Waals surface area contributed by atoms with E-state index in [0.717, 1.165) is 52.1 Å². The fourth-order valence-electron chi connectivity index (χ4n) is 5.02. The van der Waals surface area contributed by atoms with Crippen molar-refractivity contribution in [1.29, 1.82) is 0 Å². The van der Waals surface area contributed by atoms with Crippen LogP contribution in [0.25, 0.3) is 11.4 Å². The molecule has 2 aromatic carbocycles. The first-order valence-electron chi connectivity index (χ1n) is 12.4. The Morgan fingerprint density at radius 1 is 1.06 bits per heavy atom. The van der Waals surface area contributed by atoms with Crippen molar-refractivity contribution in [3.05, 3.63) is 71.4 Å². The van der Waals surface area contributed by atoms with E-state index in [0.29, 0.717) is 30.4 Å².